The number of hydrogen-bond acceptors (Lipinski definition) is 3. The van der Waals surface area contributed by atoms with Crippen molar-refractivity contribution in [3.8, 4) is 0 Å². The van der Waals surface area contributed by atoms with E-state index in [1.54, 1.807) is 5.12 Å². The first kappa shape index (κ1) is 8.88. The summed E-state index contributed by atoms with van der Waals surface area (Å²) < 4.78 is 0. The lowest BCUT2D eigenvalue weighted by atomic mass is 10.9. The Labute approximate surface area is 65.6 Å². The van der Waals surface area contributed by atoms with Crippen LogP contribution in [0.15, 0.2) is 12.4 Å². The minimum atomic E-state index is 0. The molecule has 1 rings (SSSR count). The van der Waals surface area contributed by atoms with E-state index in [0.29, 0.717) is 6.00 Å². The molecule has 54 valence electrons. The van der Waals surface area contributed by atoms with Crippen LogP contribution < -0.4 is 5.43 Å². The van der Waals surface area contributed by atoms with Crippen LogP contribution in [0.25, 0.3) is 0 Å². The molecule has 0 bridgehead atoms. The van der Waals surface area contributed by atoms with Gasteiger partial charge in [0.15, 0.2) is 0 Å². The molecule has 1 N–H and O–H groups in total. The molecule has 0 aromatic heterocycles. The summed E-state index contributed by atoms with van der Waals surface area (Å²) in [5, 5.41) is 3.63. The fraction of sp³-hybridized carbons (Fsp3) is 0.500. The van der Waals surface area contributed by atoms with Crippen LogP contribution >= 0.6 is 24.0 Å². The monoisotopic (exact) mass is 169 g/mol. The molecule has 0 aromatic rings. The Balaban J connectivity index is 0.000000640. The van der Waals surface area contributed by atoms with E-state index >= 15 is 0 Å². The molecule has 0 atom stereocenters. The summed E-state index contributed by atoms with van der Waals surface area (Å²) in [6.07, 6.45) is 3.71. The highest BCUT2D eigenvalue weighted by Gasteiger charge is 2.07. The highest BCUT2D eigenvalue weighted by Crippen LogP contribution is 1.98. The molecule has 0 radical (unpaired) electrons. The number of halogens is 2. The number of nitrogens with one attached hydrogen (secondary N) is 1. The molecule has 1 aliphatic heterocycles. The molecule has 0 saturated carbocycles. The van der Waals surface area contributed by atoms with Gasteiger partial charge in [0.25, 0.3) is 0 Å². The van der Waals surface area contributed by atoms with E-state index in [9.17, 15) is 0 Å². The van der Waals surface area contributed by atoms with E-state index in [4.69, 9.17) is 11.6 Å². The summed E-state index contributed by atoms with van der Waals surface area (Å²) in [4.78, 5) is 0. The zero-order valence-electron chi connectivity index (χ0n) is 5.04. The van der Waals surface area contributed by atoms with E-state index in [1.165, 1.54) is 0 Å². The lowest BCUT2D eigenvalue weighted by molar-refractivity contribution is 0.0544. The molecule has 0 saturated heterocycles. The molecular weight excluding hydrogens is 161 g/mol. The summed E-state index contributed by atoms with van der Waals surface area (Å²) in [6.45, 7) is 0. The molecule has 0 aliphatic carbocycles. The van der Waals surface area contributed by atoms with Crippen molar-refractivity contribution in [2.45, 2.75) is 0 Å². The number of hydrogen-bond donors (Lipinski definition) is 1. The smallest absolute Gasteiger partial charge is 0.113 e. The second-order valence-corrected chi connectivity index (χ2v) is 1.78. The molecule has 9 heavy (non-hydrogen) atoms. The van der Waals surface area contributed by atoms with Gasteiger partial charge < -0.3 is 5.43 Å². The molecule has 3 nitrogen and oxygen atoms in total. The van der Waals surface area contributed by atoms with E-state index in [-0.39, 0.29) is 12.4 Å². The van der Waals surface area contributed by atoms with E-state index in [2.05, 4.69) is 5.43 Å². The number of nitrogens with zero attached hydrogens (tertiary/aromatic N) is 2. The van der Waals surface area contributed by atoms with Crippen molar-refractivity contribution in [1.82, 2.24) is 15.6 Å². The van der Waals surface area contributed by atoms with Crippen molar-refractivity contribution in [1.29, 1.82) is 0 Å². The van der Waals surface area contributed by atoms with E-state index < -0.39 is 0 Å². The molecule has 1 aliphatic rings. The van der Waals surface area contributed by atoms with Gasteiger partial charge in [-0.25, -0.2) is 0 Å². The van der Waals surface area contributed by atoms with Gasteiger partial charge in [-0.1, -0.05) is 0 Å². The Morgan fingerprint density at radius 2 is 2.33 bits per heavy atom. The predicted molar refractivity (Wildman–Crippen MR) is 39.8 cm³/mol. The van der Waals surface area contributed by atoms with Crippen molar-refractivity contribution in [3.05, 3.63) is 12.4 Å². The maximum atomic E-state index is 5.48. The summed E-state index contributed by atoms with van der Waals surface area (Å²) >= 11 is 5.48. The van der Waals surface area contributed by atoms with Gasteiger partial charge in [0, 0.05) is 19.4 Å². The third-order valence-corrected chi connectivity index (χ3v) is 1.23. The molecule has 0 spiro atoms. The van der Waals surface area contributed by atoms with Gasteiger partial charge in [0.2, 0.25) is 0 Å². The first-order valence-electron chi connectivity index (χ1n) is 2.33. The summed E-state index contributed by atoms with van der Waals surface area (Å²) in [5.74, 6) is 0. The van der Waals surface area contributed by atoms with Gasteiger partial charge in [0.1, 0.15) is 6.00 Å². The van der Waals surface area contributed by atoms with Crippen LogP contribution in [0.5, 0.6) is 0 Å². The molecule has 5 heteroatoms. The summed E-state index contributed by atoms with van der Waals surface area (Å²) in [5.41, 5.74) is 2.90. The van der Waals surface area contributed by atoms with Gasteiger partial charge in [0.05, 0.1) is 0 Å². The Bertz CT molecular complexity index is 106. The Hall–Kier alpha value is -0.120. The third-order valence-electron chi connectivity index (χ3n) is 1.01. The first-order valence-corrected chi connectivity index (χ1v) is 2.87. The van der Waals surface area contributed by atoms with Crippen LogP contribution in [-0.2, 0) is 0 Å². The quantitative estimate of drug-likeness (QED) is 0.462. The molecular formula is C4H9Cl2N3. The fourth-order valence-corrected chi connectivity index (χ4v) is 0.755. The average Bonchev–Trinajstić information content (AvgIpc) is 2.14. The Kier molecular flexibility index (Phi) is 3.77. The Morgan fingerprint density at radius 3 is 2.56 bits per heavy atom. The maximum absolute atomic E-state index is 5.48. The normalized spacial score (nSPS) is 17.3. The molecule has 0 unspecified atom stereocenters. The van der Waals surface area contributed by atoms with E-state index in [1.807, 2.05) is 24.5 Å². The number of hydrazine groups is 2. The van der Waals surface area contributed by atoms with Crippen molar-refractivity contribution in [2.24, 2.45) is 0 Å². The van der Waals surface area contributed by atoms with Crippen molar-refractivity contribution in [3.63, 3.8) is 0 Å². The molecule has 0 amide bonds. The van der Waals surface area contributed by atoms with E-state index in [0.717, 1.165) is 0 Å². The predicted octanol–water partition coefficient (Wildman–Crippen LogP) is 0.743. The minimum Gasteiger partial charge on any atom is -0.306 e. The van der Waals surface area contributed by atoms with Crippen LogP contribution in [0.2, 0.25) is 0 Å². The summed E-state index contributed by atoms with van der Waals surface area (Å²) in [6, 6.07) is 0.462. The molecule has 0 aromatic carbocycles. The van der Waals surface area contributed by atoms with Crippen LogP contribution in [0.4, 0.5) is 0 Å². The van der Waals surface area contributed by atoms with Gasteiger partial charge in [-0.05, 0) is 0 Å². The van der Waals surface area contributed by atoms with Crippen molar-refractivity contribution in [2.75, 3.05) is 13.1 Å². The maximum Gasteiger partial charge on any atom is 0.113 e. The standard InChI is InChI=1S/C4H8ClN3.ClH/c1-7-3-2-6-8(7)4-5;/h2-3,6H,4H2,1H3;1H. The summed E-state index contributed by atoms with van der Waals surface area (Å²) in [7, 11) is 1.92. The molecule has 0 fully saturated rings. The van der Waals surface area contributed by atoms with Crippen molar-refractivity contribution >= 4 is 24.0 Å². The van der Waals surface area contributed by atoms with Crippen LogP contribution in [0.1, 0.15) is 0 Å². The average molecular weight is 170 g/mol. The van der Waals surface area contributed by atoms with Crippen LogP contribution in [0.3, 0.4) is 0 Å². The van der Waals surface area contributed by atoms with Crippen molar-refractivity contribution < 1.29 is 0 Å². The van der Waals surface area contributed by atoms with Gasteiger partial charge >= 0.3 is 0 Å². The van der Waals surface area contributed by atoms with Crippen LogP contribution in [-0.4, -0.2) is 23.2 Å². The zero-order valence-corrected chi connectivity index (χ0v) is 6.61. The lowest BCUT2D eigenvalue weighted by Gasteiger charge is -2.21. The lowest BCUT2D eigenvalue weighted by Crippen LogP contribution is -2.37. The largest absolute Gasteiger partial charge is 0.306 e. The highest BCUT2D eigenvalue weighted by molar-refractivity contribution is 6.17. The number of rotatable bonds is 1. The first-order chi connectivity index (χ1) is 3.84. The zero-order chi connectivity index (χ0) is 5.98. The molecule has 1 heterocycles. The van der Waals surface area contributed by atoms with Gasteiger partial charge in [-0.15, -0.1) is 29.1 Å². The SMILES string of the molecule is CN1C=CNN1CCl.Cl. The van der Waals surface area contributed by atoms with Crippen LogP contribution in [0, 0.1) is 0 Å². The minimum absolute atomic E-state index is 0. The van der Waals surface area contributed by atoms with Gasteiger partial charge in [-0.3, -0.25) is 5.01 Å². The fourth-order valence-electron chi connectivity index (χ4n) is 0.518. The van der Waals surface area contributed by atoms with Gasteiger partial charge in [-0.2, -0.15) is 0 Å². The number of alkyl halides is 1. The second-order valence-electron chi connectivity index (χ2n) is 1.54. The third kappa shape index (κ3) is 1.93. The Morgan fingerprint density at radius 1 is 1.67 bits per heavy atom. The topological polar surface area (TPSA) is 18.5 Å². The second kappa shape index (κ2) is 3.82. The highest BCUT2D eigenvalue weighted by atomic mass is 35.5.